The summed E-state index contributed by atoms with van der Waals surface area (Å²) in [7, 11) is -3.16. The zero-order chi connectivity index (χ0) is 9.19. The van der Waals surface area contributed by atoms with Gasteiger partial charge in [0.1, 0.15) is 0 Å². The van der Waals surface area contributed by atoms with E-state index in [9.17, 15) is 8.42 Å². The van der Waals surface area contributed by atoms with E-state index in [1.807, 2.05) is 6.07 Å². The Morgan fingerprint density at radius 1 is 1.42 bits per heavy atom. The summed E-state index contributed by atoms with van der Waals surface area (Å²) in [6.07, 6.45) is 3.05. The predicted molar refractivity (Wildman–Crippen MR) is 52.1 cm³/mol. The second-order valence-corrected chi connectivity index (χ2v) is 5.21. The fourth-order valence-corrected chi connectivity index (χ4v) is 2.01. The molecule has 0 aliphatic heterocycles. The number of hydrogen-bond acceptors (Lipinski definition) is 2. The van der Waals surface area contributed by atoms with E-state index in [4.69, 9.17) is 0 Å². The van der Waals surface area contributed by atoms with Crippen LogP contribution >= 0.6 is 15.9 Å². The van der Waals surface area contributed by atoms with E-state index < -0.39 is 9.84 Å². The summed E-state index contributed by atoms with van der Waals surface area (Å²) in [4.78, 5) is 0. The Labute approximate surface area is 80.7 Å². The van der Waals surface area contributed by atoms with Gasteiger partial charge in [-0.25, -0.2) is 8.42 Å². The number of hydrogen-bond donors (Lipinski definition) is 0. The minimum Gasteiger partial charge on any atom is -0.228 e. The number of sulfone groups is 1. The molecule has 65 valence electrons. The van der Waals surface area contributed by atoms with Crippen molar-refractivity contribution < 1.29 is 8.42 Å². The van der Waals surface area contributed by atoms with Crippen LogP contribution in [-0.4, -0.2) is 8.42 Å². The van der Waals surface area contributed by atoms with Gasteiger partial charge in [-0.2, -0.15) is 0 Å². The topological polar surface area (TPSA) is 34.1 Å². The highest BCUT2D eigenvalue weighted by Crippen LogP contribution is 2.13. The fraction of sp³-hybridized carbons (Fsp3) is 0.125. The highest BCUT2D eigenvalue weighted by atomic mass is 79.9. The van der Waals surface area contributed by atoms with Gasteiger partial charge in [-0.3, -0.25) is 0 Å². The lowest BCUT2D eigenvalue weighted by molar-refractivity contribution is 0.603. The van der Waals surface area contributed by atoms with Crippen molar-refractivity contribution in [2.45, 2.75) is 5.75 Å². The molecular formula is C8H8BrO2S. The van der Waals surface area contributed by atoms with Gasteiger partial charge < -0.3 is 0 Å². The molecule has 1 rings (SSSR count). The summed E-state index contributed by atoms with van der Waals surface area (Å²) in [5.74, 6) is -0.00750. The summed E-state index contributed by atoms with van der Waals surface area (Å²) in [6, 6.07) is 7.17. The summed E-state index contributed by atoms with van der Waals surface area (Å²) in [5.41, 5.74) is 0.749. The van der Waals surface area contributed by atoms with Crippen LogP contribution in [0.4, 0.5) is 0 Å². The van der Waals surface area contributed by atoms with Crippen LogP contribution in [0.5, 0.6) is 0 Å². The van der Waals surface area contributed by atoms with Crippen molar-refractivity contribution in [1.29, 1.82) is 0 Å². The molecule has 0 fully saturated rings. The third-order valence-corrected chi connectivity index (χ3v) is 2.54. The Hall–Kier alpha value is -0.350. The van der Waals surface area contributed by atoms with Crippen LogP contribution in [0.3, 0.4) is 0 Å². The smallest absolute Gasteiger partial charge is 0.155 e. The van der Waals surface area contributed by atoms with Crippen LogP contribution < -0.4 is 0 Å². The Bertz CT molecular complexity index is 370. The first-order chi connectivity index (χ1) is 5.47. The molecule has 0 bridgehead atoms. The van der Waals surface area contributed by atoms with Crippen molar-refractivity contribution in [3.05, 3.63) is 40.6 Å². The largest absolute Gasteiger partial charge is 0.228 e. The molecule has 12 heavy (non-hydrogen) atoms. The first-order valence-electron chi connectivity index (χ1n) is 3.27. The SMILES string of the molecule is [CH2]S(=O)(=O)Cc1cccc(Br)c1. The van der Waals surface area contributed by atoms with E-state index in [1.165, 1.54) is 0 Å². The minimum atomic E-state index is -3.16. The van der Waals surface area contributed by atoms with Crippen LogP contribution in [0.25, 0.3) is 0 Å². The number of halogens is 1. The first kappa shape index (κ1) is 9.74. The number of rotatable bonds is 2. The lowest BCUT2D eigenvalue weighted by Crippen LogP contribution is -1.97. The third-order valence-electron chi connectivity index (χ3n) is 1.28. The van der Waals surface area contributed by atoms with Crippen molar-refractivity contribution in [1.82, 2.24) is 0 Å². The van der Waals surface area contributed by atoms with Gasteiger partial charge >= 0.3 is 0 Å². The van der Waals surface area contributed by atoms with E-state index in [1.54, 1.807) is 18.2 Å². The molecule has 4 heteroatoms. The zero-order valence-electron chi connectivity index (χ0n) is 6.33. The Morgan fingerprint density at radius 3 is 2.58 bits per heavy atom. The zero-order valence-corrected chi connectivity index (χ0v) is 8.73. The van der Waals surface area contributed by atoms with E-state index >= 15 is 0 Å². The highest BCUT2D eigenvalue weighted by molar-refractivity contribution is 9.10. The maximum Gasteiger partial charge on any atom is 0.155 e. The molecular weight excluding hydrogens is 240 g/mol. The fourth-order valence-electron chi connectivity index (χ4n) is 0.881. The van der Waals surface area contributed by atoms with Crippen LogP contribution in [-0.2, 0) is 15.6 Å². The van der Waals surface area contributed by atoms with E-state index in [0.29, 0.717) is 0 Å². The Kier molecular flexibility index (Phi) is 2.90. The van der Waals surface area contributed by atoms with Gasteiger partial charge in [0, 0.05) is 4.47 Å². The molecule has 0 N–H and O–H groups in total. The quantitative estimate of drug-likeness (QED) is 0.803. The summed E-state index contributed by atoms with van der Waals surface area (Å²) in [6.45, 7) is 0. The van der Waals surface area contributed by atoms with Gasteiger partial charge in [-0.1, -0.05) is 28.1 Å². The normalized spacial score (nSPS) is 11.5. The maximum absolute atomic E-state index is 10.8. The van der Waals surface area contributed by atoms with Crippen molar-refractivity contribution in [2.24, 2.45) is 0 Å². The first-order valence-corrected chi connectivity index (χ1v) is 5.89. The second-order valence-electron chi connectivity index (χ2n) is 2.52. The number of benzene rings is 1. The average Bonchev–Trinajstić information content (AvgIpc) is 1.82. The molecule has 1 aromatic rings. The predicted octanol–water partition coefficient (Wildman–Crippen LogP) is 2.16. The Morgan fingerprint density at radius 2 is 2.08 bits per heavy atom. The molecule has 0 aliphatic rings. The highest BCUT2D eigenvalue weighted by Gasteiger charge is 2.03. The van der Waals surface area contributed by atoms with E-state index in [-0.39, 0.29) is 5.75 Å². The van der Waals surface area contributed by atoms with Crippen molar-refractivity contribution >= 4 is 25.8 Å². The van der Waals surface area contributed by atoms with Gasteiger partial charge in [0.25, 0.3) is 0 Å². The van der Waals surface area contributed by atoms with Crippen LogP contribution in [0.1, 0.15) is 5.56 Å². The van der Waals surface area contributed by atoms with Crippen LogP contribution in [0.15, 0.2) is 28.7 Å². The van der Waals surface area contributed by atoms with Crippen LogP contribution in [0.2, 0.25) is 0 Å². The van der Waals surface area contributed by atoms with E-state index in [0.717, 1.165) is 10.0 Å². The molecule has 0 saturated heterocycles. The van der Waals surface area contributed by atoms with Crippen molar-refractivity contribution in [3.63, 3.8) is 0 Å². The van der Waals surface area contributed by atoms with Crippen molar-refractivity contribution in [3.8, 4) is 0 Å². The molecule has 2 nitrogen and oxygen atoms in total. The van der Waals surface area contributed by atoms with Crippen LogP contribution in [0, 0.1) is 6.26 Å². The summed E-state index contributed by atoms with van der Waals surface area (Å²) in [5, 5.41) is 0. The minimum absolute atomic E-state index is 0.00750. The molecule has 1 radical (unpaired) electrons. The molecule has 0 saturated carbocycles. The Balaban J connectivity index is 2.91. The molecule has 1 aromatic carbocycles. The molecule has 0 amide bonds. The molecule has 0 spiro atoms. The third kappa shape index (κ3) is 3.36. The standard InChI is InChI=1S/C8H8BrO2S/c1-12(10,11)6-7-3-2-4-8(9)5-7/h2-5H,1,6H2. The van der Waals surface area contributed by atoms with E-state index in [2.05, 4.69) is 22.2 Å². The van der Waals surface area contributed by atoms with Gasteiger partial charge in [0.05, 0.1) is 12.0 Å². The molecule has 0 aliphatic carbocycles. The van der Waals surface area contributed by atoms with Gasteiger partial charge in [0.15, 0.2) is 9.84 Å². The maximum atomic E-state index is 10.8. The summed E-state index contributed by atoms with van der Waals surface area (Å²) >= 11 is 3.25. The monoisotopic (exact) mass is 247 g/mol. The molecule has 0 atom stereocenters. The average molecular weight is 248 g/mol. The van der Waals surface area contributed by atoms with Crippen molar-refractivity contribution in [2.75, 3.05) is 0 Å². The molecule has 0 unspecified atom stereocenters. The van der Waals surface area contributed by atoms with Gasteiger partial charge in [-0.15, -0.1) is 0 Å². The molecule has 0 heterocycles. The van der Waals surface area contributed by atoms with Gasteiger partial charge in [0.2, 0.25) is 0 Å². The van der Waals surface area contributed by atoms with Gasteiger partial charge in [-0.05, 0) is 17.7 Å². The summed E-state index contributed by atoms with van der Waals surface area (Å²) < 4.78 is 22.4. The lowest BCUT2D eigenvalue weighted by atomic mass is 10.2. The second kappa shape index (κ2) is 3.58. The molecule has 0 aromatic heterocycles. The lowest BCUT2D eigenvalue weighted by Gasteiger charge is -1.98.